The molecule has 1 fully saturated rings. The standard InChI is InChI=1S/C16H26N2O2S/c1-2-20-15(19)9-8-14-12-21-16(18-14)17-11-10-13-6-4-3-5-7-13/h12-13H,2-11H2,1H3,(H,17,18). The first-order chi connectivity index (χ1) is 10.3. The molecule has 0 aromatic carbocycles. The Hall–Kier alpha value is -1.10. The van der Waals surface area contributed by atoms with Crippen LogP contribution < -0.4 is 5.32 Å². The fraction of sp³-hybridized carbons (Fsp3) is 0.750. The largest absolute Gasteiger partial charge is 0.466 e. The molecule has 1 aromatic heterocycles. The van der Waals surface area contributed by atoms with Gasteiger partial charge in [0, 0.05) is 18.3 Å². The van der Waals surface area contributed by atoms with Crippen LogP contribution >= 0.6 is 11.3 Å². The van der Waals surface area contributed by atoms with E-state index in [1.54, 1.807) is 11.3 Å². The Morgan fingerprint density at radius 3 is 3.00 bits per heavy atom. The fourth-order valence-electron chi connectivity index (χ4n) is 2.83. The van der Waals surface area contributed by atoms with E-state index >= 15 is 0 Å². The van der Waals surface area contributed by atoms with Crippen LogP contribution in [0, 0.1) is 5.92 Å². The van der Waals surface area contributed by atoms with E-state index < -0.39 is 0 Å². The second kappa shape index (κ2) is 9.03. The summed E-state index contributed by atoms with van der Waals surface area (Å²) in [4.78, 5) is 15.8. The third-order valence-corrected chi connectivity index (χ3v) is 4.84. The minimum Gasteiger partial charge on any atom is -0.466 e. The summed E-state index contributed by atoms with van der Waals surface area (Å²) in [5.74, 6) is 0.756. The van der Waals surface area contributed by atoms with E-state index in [-0.39, 0.29) is 5.97 Å². The Labute approximate surface area is 131 Å². The molecule has 0 bridgehead atoms. The number of anilines is 1. The van der Waals surface area contributed by atoms with Gasteiger partial charge >= 0.3 is 5.97 Å². The summed E-state index contributed by atoms with van der Waals surface area (Å²) in [6.45, 7) is 3.29. The zero-order valence-corrected chi connectivity index (χ0v) is 13.7. The molecule has 1 N–H and O–H groups in total. The van der Waals surface area contributed by atoms with Gasteiger partial charge < -0.3 is 10.1 Å². The molecule has 1 aliphatic carbocycles. The number of carbonyl (C=O) groups is 1. The molecule has 0 aliphatic heterocycles. The van der Waals surface area contributed by atoms with E-state index in [1.165, 1.54) is 38.5 Å². The van der Waals surface area contributed by atoms with Gasteiger partial charge in [-0.25, -0.2) is 4.98 Å². The lowest BCUT2D eigenvalue weighted by Crippen LogP contribution is -2.12. The second-order valence-electron chi connectivity index (χ2n) is 5.67. The van der Waals surface area contributed by atoms with Crippen molar-refractivity contribution < 1.29 is 9.53 Å². The highest BCUT2D eigenvalue weighted by Gasteiger charge is 2.13. The van der Waals surface area contributed by atoms with Crippen LogP contribution in [-0.2, 0) is 16.0 Å². The highest BCUT2D eigenvalue weighted by Crippen LogP contribution is 2.26. The lowest BCUT2D eigenvalue weighted by molar-refractivity contribution is -0.143. The van der Waals surface area contributed by atoms with Gasteiger partial charge in [-0.05, 0) is 19.3 Å². The number of esters is 1. The molecule has 1 heterocycles. The van der Waals surface area contributed by atoms with E-state index in [4.69, 9.17) is 4.74 Å². The number of carbonyl (C=O) groups excluding carboxylic acids is 1. The Balaban J connectivity index is 1.64. The average Bonchev–Trinajstić information content (AvgIpc) is 2.95. The van der Waals surface area contributed by atoms with Gasteiger partial charge in [-0.3, -0.25) is 4.79 Å². The van der Waals surface area contributed by atoms with Crippen LogP contribution in [0.25, 0.3) is 0 Å². The summed E-state index contributed by atoms with van der Waals surface area (Å²) < 4.78 is 4.92. The molecule has 0 spiro atoms. The smallest absolute Gasteiger partial charge is 0.306 e. The van der Waals surface area contributed by atoms with Crippen molar-refractivity contribution in [3.8, 4) is 0 Å². The topological polar surface area (TPSA) is 51.2 Å². The van der Waals surface area contributed by atoms with Gasteiger partial charge in [0.2, 0.25) is 0 Å². The van der Waals surface area contributed by atoms with E-state index in [1.807, 2.05) is 12.3 Å². The van der Waals surface area contributed by atoms with E-state index in [9.17, 15) is 4.79 Å². The number of aryl methyl sites for hydroxylation is 1. The zero-order valence-electron chi connectivity index (χ0n) is 12.9. The Morgan fingerprint density at radius 2 is 2.24 bits per heavy atom. The number of hydrogen-bond acceptors (Lipinski definition) is 5. The van der Waals surface area contributed by atoms with E-state index in [0.717, 1.165) is 23.3 Å². The predicted octanol–water partition coefficient (Wildman–Crippen LogP) is 4.02. The third-order valence-electron chi connectivity index (χ3n) is 4.00. The molecule has 0 amide bonds. The normalized spacial score (nSPS) is 15.9. The van der Waals surface area contributed by atoms with Crippen LogP contribution in [0.4, 0.5) is 5.13 Å². The molecule has 0 radical (unpaired) electrons. The van der Waals surface area contributed by atoms with Crippen molar-refractivity contribution in [1.29, 1.82) is 0 Å². The van der Waals surface area contributed by atoms with E-state index in [0.29, 0.717) is 19.4 Å². The number of thiazole rings is 1. The van der Waals surface area contributed by atoms with Crippen LogP contribution in [0.5, 0.6) is 0 Å². The first kappa shape index (κ1) is 16.3. The minimum atomic E-state index is -0.141. The Kier molecular flexibility index (Phi) is 7.00. The SMILES string of the molecule is CCOC(=O)CCc1csc(NCCC2CCCCC2)n1. The van der Waals surface area contributed by atoms with Crippen molar-refractivity contribution in [3.05, 3.63) is 11.1 Å². The van der Waals surface area contributed by atoms with Gasteiger partial charge in [0.15, 0.2) is 5.13 Å². The summed E-state index contributed by atoms with van der Waals surface area (Å²) in [6.07, 6.45) is 9.34. The summed E-state index contributed by atoms with van der Waals surface area (Å²) in [6, 6.07) is 0. The molecule has 5 heteroatoms. The zero-order chi connectivity index (χ0) is 14.9. The molecule has 4 nitrogen and oxygen atoms in total. The molecule has 1 aromatic rings. The molecule has 2 rings (SSSR count). The molecule has 0 atom stereocenters. The maximum absolute atomic E-state index is 11.3. The van der Waals surface area contributed by atoms with Crippen molar-refractivity contribution in [2.24, 2.45) is 5.92 Å². The summed E-state index contributed by atoms with van der Waals surface area (Å²) in [5, 5.41) is 6.42. The molecule has 0 unspecified atom stereocenters. The predicted molar refractivity (Wildman–Crippen MR) is 86.7 cm³/mol. The van der Waals surface area contributed by atoms with Crippen LogP contribution in [0.3, 0.4) is 0 Å². The summed E-state index contributed by atoms with van der Waals surface area (Å²) in [7, 11) is 0. The van der Waals surface area contributed by atoms with Gasteiger partial charge in [-0.1, -0.05) is 32.1 Å². The molecular formula is C16H26N2O2S. The number of nitrogens with zero attached hydrogens (tertiary/aromatic N) is 1. The highest BCUT2D eigenvalue weighted by atomic mass is 32.1. The second-order valence-corrected chi connectivity index (χ2v) is 6.53. The lowest BCUT2D eigenvalue weighted by Gasteiger charge is -2.21. The van der Waals surface area contributed by atoms with Crippen molar-refractivity contribution in [1.82, 2.24) is 4.98 Å². The molecular weight excluding hydrogens is 284 g/mol. The molecule has 1 saturated carbocycles. The molecule has 21 heavy (non-hydrogen) atoms. The molecule has 1 aliphatic rings. The maximum Gasteiger partial charge on any atom is 0.306 e. The Morgan fingerprint density at radius 1 is 1.43 bits per heavy atom. The minimum absolute atomic E-state index is 0.141. The van der Waals surface area contributed by atoms with Gasteiger partial charge in [0.25, 0.3) is 0 Å². The number of aromatic nitrogens is 1. The maximum atomic E-state index is 11.3. The van der Waals surface area contributed by atoms with Gasteiger partial charge in [-0.15, -0.1) is 11.3 Å². The van der Waals surface area contributed by atoms with Crippen molar-refractivity contribution in [2.45, 2.75) is 58.3 Å². The fourth-order valence-corrected chi connectivity index (χ4v) is 3.60. The van der Waals surface area contributed by atoms with Crippen LogP contribution in [0.1, 0.15) is 57.6 Å². The highest BCUT2D eigenvalue weighted by molar-refractivity contribution is 7.13. The molecule has 118 valence electrons. The number of rotatable bonds is 8. The lowest BCUT2D eigenvalue weighted by atomic mass is 9.87. The van der Waals surface area contributed by atoms with Crippen molar-refractivity contribution >= 4 is 22.4 Å². The van der Waals surface area contributed by atoms with Crippen molar-refractivity contribution in [3.63, 3.8) is 0 Å². The van der Waals surface area contributed by atoms with E-state index in [2.05, 4.69) is 10.3 Å². The summed E-state index contributed by atoms with van der Waals surface area (Å²) >= 11 is 1.63. The van der Waals surface area contributed by atoms with Gasteiger partial charge in [0.1, 0.15) is 0 Å². The first-order valence-electron chi connectivity index (χ1n) is 8.12. The Bertz CT molecular complexity index is 428. The first-order valence-corrected chi connectivity index (χ1v) is 8.99. The number of ether oxygens (including phenoxy) is 1. The van der Waals surface area contributed by atoms with Gasteiger partial charge in [-0.2, -0.15) is 0 Å². The van der Waals surface area contributed by atoms with Crippen molar-refractivity contribution in [2.75, 3.05) is 18.5 Å². The third kappa shape index (κ3) is 6.04. The van der Waals surface area contributed by atoms with Crippen LogP contribution in [0.15, 0.2) is 5.38 Å². The van der Waals surface area contributed by atoms with Gasteiger partial charge in [0.05, 0.1) is 18.7 Å². The number of nitrogens with one attached hydrogen (secondary N) is 1. The summed E-state index contributed by atoms with van der Waals surface area (Å²) in [5.41, 5.74) is 0.980. The van der Waals surface area contributed by atoms with Crippen LogP contribution in [-0.4, -0.2) is 24.1 Å². The monoisotopic (exact) mass is 310 g/mol. The molecule has 0 saturated heterocycles. The average molecular weight is 310 g/mol. The quantitative estimate of drug-likeness (QED) is 0.737. The number of hydrogen-bond donors (Lipinski definition) is 1. The van der Waals surface area contributed by atoms with Crippen LogP contribution in [0.2, 0.25) is 0 Å².